The van der Waals surface area contributed by atoms with Crippen molar-refractivity contribution >= 4 is 28.9 Å². The third kappa shape index (κ3) is 2.66. The summed E-state index contributed by atoms with van der Waals surface area (Å²) in [6.07, 6.45) is 0.0214. The third-order valence-electron chi connectivity index (χ3n) is 5.12. The van der Waals surface area contributed by atoms with Crippen LogP contribution in [0.4, 0.5) is 0 Å². The van der Waals surface area contributed by atoms with Crippen molar-refractivity contribution < 1.29 is 0 Å². The first-order valence-corrected chi connectivity index (χ1v) is 9.39. The van der Waals surface area contributed by atoms with E-state index in [2.05, 4.69) is 59.5 Å². The van der Waals surface area contributed by atoms with E-state index in [1.807, 2.05) is 24.3 Å². The summed E-state index contributed by atoms with van der Waals surface area (Å²) in [5.41, 5.74) is 4.77. The summed E-state index contributed by atoms with van der Waals surface area (Å²) >= 11 is 12.1. The van der Waals surface area contributed by atoms with Crippen LogP contribution in [0.15, 0.2) is 83.9 Å². The first-order chi connectivity index (χ1) is 12.7. The van der Waals surface area contributed by atoms with Gasteiger partial charge in [-0.3, -0.25) is 9.89 Å². The average Bonchev–Trinajstić information content (AvgIpc) is 3.29. The van der Waals surface area contributed by atoms with Gasteiger partial charge in [-0.1, -0.05) is 77.8 Å². The zero-order valence-electron chi connectivity index (χ0n) is 13.9. The molecule has 0 saturated carbocycles. The number of nitrogens with zero attached hydrogens (tertiary/aromatic N) is 2. The topological polar surface area (TPSA) is 15.4 Å². The lowest BCUT2D eigenvalue weighted by molar-refractivity contribution is 0.404. The smallest absolute Gasteiger partial charge is 0.129 e. The van der Waals surface area contributed by atoms with Gasteiger partial charge in [0.05, 0.1) is 17.8 Å². The average molecular weight is 379 g/mol. The minimum atomic E-state index is 0.0214. The van der Waals surface area contributed by atoms with Crippen molar-refractivity contribution in [2.45, 2.75) is 18.2 Å². The monoisotopic (exact) mass is 378 g/mol. The van der Waals surface area contributed by atoms with Gasteiger partial charge >= 0.3 is 0 Å². The summed E-state index contributed by atoms with van der Waals surface area (Å²) in [5.74, 6) is 0. The van der Waals surface area contributed by atoms with E-state index in [0.717, 1.165) is 21.3 Å². The fourth-order valence-electron chi connectivity index (χ4n) is 3.87. The van der Waals surface area contributed by atoms with Crippen molar-refractivity contribution in [3.8, 4) is 0 Å². The molecule has 0 N–H and O–H groups in total. The van der Waals surface area contributed by atoms with Crippen LogP contribution in [-0.4, -0.2) is 16.7 Å². The standard InChI is InChI=1S/C22H16Cl2N2/c23-17-10-6-14(7-11-17)19-21-20(15-4-2-1-3-5-15)26(21)22(25-19)16-8-12-18(24)13-9-16/h1-13,20-22H/t20-,21-,22-,26?/m0/s1. The Hall–Kier alpha value is -2.13. The molecule has 128 valence electrons. The molecule has 3 aromatic carbocycles. The summed E-state index contributed by atoms with van der Waals surface area (Å²) in [7, 11) is 0. The van der Waals surface area contributed by atoms with Gasteiger partial charge in [0.2, 0.25) is 0 Å². The van der Waals surface area contributed by atoms with E-state index in [0.29, 0.717) is 12.1 Å². The zero-order chi connectivity index (χ0) is 17.7. The van der Waals surface area contributed by atoms with Crippen LogP contribution in [0.5, 0.6) is 0 Å². The Bertz CT molecular complexity index is 965. The molecular weight excluding hydrogens is 363 g/mol. The maximum Gasteiger partial charge on any atom is 0.129 e. The predicted molar refractivity (Wildman–Crippen MR) is 107 cm³/mol. The molecule has 4 atom stereocenters. The van der Waals surface area contributed by atoms with E-state index < -0.39 is 0 Å². The molecular formula is C22H16Cl2N2. The van der Waals surface area contributed by atoms with Crippen molar-refractivity contribution in [3.63, 3.8) is 0 Å². The van der Waals surface area contributed by atoms with Gasteiger partial charge in [-0.2, -0.15) is 0 Å². The first-order valence-electron chi connectivity index (χ1n) is 8.64. The Morgan fingerprint density at radius 3 is 1.92 bits per heavy atom. The second-order valence-corrected chi connectivity index (χ2v) is 7.57. The fourth-order valence-corrected chi connectivity index (χ4v) is 4.12. The molecule has 1 saturated heterocycles. The molecule has 2 heterocycles. The number of benzene rings is 3. The molecule has 3 aromatic rings. The Balaban J connectivity index is 1.56. The SMILES string of the molecule is Clc1ccc(C2=N[C@H](c3ccc(Cl)cc3)N3[C@@H]2[C@@H]3c2ccccc2)cc1. The van der Waals surface area contributed by atoms with Gasteiger partial charge in [0.25, 0.3) is 0 Å². The number of fused-ring (bicyclic) bond motifs is 1. The molecule has 0 amide bonds. The maximum atomic E-state index is 6.07. The van der Waals surface area contributed by atoms with Crippen LogP contribution in [0.3, 0.4) is 0 Å². The van der Waals surface area contributed by atoms with Gasteiger partial charge in [0, 0.05) is 10.0 Å². The van der Waals surface area contributed by atoms with E-state index in [-0.39, 0.29) is 6.17 Å². The van der Waals surface area contributed by atoms with E-state index in [1.54, 1.807) is 0 Å². The molecule has 5 rings (SSSR count). The maximum absolute atomic E-state index is 6.07. The van der Waals surface area contributed by atoms with Gasteiger partial charge in [-0.15, -0.1) is 0 Å². The Labute approximate surface area is 162 Å². The van der Waals surface area contributed by atoms with Gasteiger partial charge in [-0.05, 0) is 41.0 Å². The Kier molecular flexibility index (Phi) is 3.86. The molecule has 0 spiro atoms. The lowest BCUT2D eigenvalue weighted by Crippen LogP contribution is -2.08. The lowest BCUT2D eigenvalue weighted by atomic mass is 10.0. The van der Waals surface area contributed by atoms with E-state index >= 15 is 0 Å². The molecule has 0 radical (unpaired) electrons. The second-order valence-electron chi connectivity index (χ2n) is 6.69. The zero-order valence-corrected chi connectivity index (χ0v) is 15.4. The van der Waals surface area contributed by atoms with Crippen LogP contribution in [-0.2, 0) is 0 Å². The molecule has 1 unspecified atom stereocenters. The molecule has 2 nitrogen and oxygen atoms in total. The molecule has 26 heavy (non-hydrogen) atoms. The first kappa shape index (κ1) is 16.1. The van der Waals surface area contributed by atoms with Crippen molar-refractivity contribution in [2.75, 3.05) is 0 Å². The van der Waals surface area contributed by atoms with Crippen LogP contribution in [0.1, 0.15) is 28.9 Å². The Morgan fingerprint density at radius 1 is 0.654 bits per heavy atom. The highest BCUT2D eigenvalue weighted by molar-refractivity contribution is 6.31. The second kappa shape index (κ2) is 6.24. The molecule has 0 bridgehead atoms. The molecule has 2 aliphatic heterocycles. The van der Waals surface area contributed by atoms with Crippen molar-refractivity contribution in [1.29, 1.82) is 0 Å². The normalized spacial score (nSPS) is 26.3. The largest absolute Gasteiger partial charge is 0.263 e. The molecule has 2 aliphatic rings. The number of hydrogen-bond acceptors (Lipinski definition) is 2. The highest BCUT2D eigenvalue weighted by Crippen LogP contribution is 2.55. The number of rotatable bonds is 3. The quantitative estimate of drug-likeness (QED) is 0.516. The van der Waals surface area contributed by atoms with E-state index in [4.69, 9.17) is 28.2 Å². The lowest BCUT2D eigenvalue weighted by Gasteiger charge is -2.14. The van der Waals surface area contributed by atoms with E-state index in [9.17, 15) is 0 Å². The van der Waals surface area contributed by atoms with Crippen LogP contribution < -0.4 is 0 Å². The third-order valence-corrected chi connectivity index (χ3v) is 5.63. The van der Waals surface area contributed by atoms with Gasteiger partial charge in [0.15, 0.2) is 0 Å². The molecule has 4 heteroatoms. The summed E-state index contributed by atoms with van der Waals surface area (Å²) in [6, 6.07) is 27.3. The minimum absolute atomic E-state index is 0.0214. The van der Waals surface area contributed by atoms with Crippen LogP contribution >= 0.6 is 23.2 Å². The van der Waals surface area contributed by atoms with Crippen molar-refractivity contribution in [3.05, 3.63) is 106 Å². The molecule has 1 fully saturated rings. The summed E-state index contributed by atoms with van der Waals surface area (Å²) in [4.78, 5) is 7.51. The summed E-state index contributed by atoms with van der Waals surface area (Å²) in [6.45, 7) is 0. The van der Waals surface area contributed by atoms with Crippen molar-refractivity contribution in [1.82, 2.24) is 4.90 Å². The molecule has 0 aliphatic carbocycles. The van der Waals surface area contributed by atoms with Crippen molar-refractivity contribution in [2.24, 2.45) is 4.99 Å². The highest BCUT2D eigenvalue weighted by atomic mass is 35.5. The van der Waals surface area contributed by atoms with Crippen LogP contribution in [0.25, 0.3) is 0 Å². The number of halogens is 2. The molecule has 0 aromatic heterocycles. The summed E-state index contributed by atoms with van der Waals surface area (Å²) < 4.78 is 0. The highest BCUT2D eigenvalue weighted by Gasteiger charge is 2.59. The van der Waals surface area contributed by atoms with Crippen LogP contribution in [0, 0.1) is 0 Å². The number of hydrogen-bond donors (Lipinski definition) is 0. The van der Waals surface area contributed by atoms with Gasteiger partial charge < -0.3 is 0 Å². The van der Waals surface area contributed by atoms with Gasteiger partial charge in [0.1, 0.15) is 6.17 Å². The van der Waals surface area contributed by atoms with Crippen LogP contribution in [0.2, 0.25) is 10.0 Å². The van der Waals surface area contributed by atoms with E-state index in [1.165, 1.54) is 11.1 Å². The minimum Gasteiger partial charge on any atom is -0.263 e. The number of aliphatic imine (C=N–C) groups is 1. The fraction of sp³-hybridized carbons (Fsp3) is 0.136. The van der Waals surface area contributed by atoms with Gasteiger partial charge in [-0.25, -0.2) is 0 Å². The summed E-state index contributed by atoms with van der Waals surface area (Å²) in [5, 5.41) is 1.49. The predicted octanol–water partition coefficient (Wildman–Crippen LogP) is 5.92. The Morgan fingerprint density at radius 2 is 1.27 bits per heavy atom.